The molecule has 0 aliphatic rings. The highest BCUT2D eigenvalue weighted by molar-refractivity contribution is 5.73. The van der Waals surface area contributed by atoms with E-state index < -0.39 is 34.9 Å². The lowest BCUT2D eigenvalue weighted by Gasteiger charge is -2.20. The molecule has 0 fully saturated rings. The summed E-state index contributed by atoms with van der Waals surface area (Å²) in [6, 6.07) is -0.649. The van der Waals surface area contributed by atoms with E-state index in [1.54, 1.807) is 0 Å². The van der Waals surface area contributed by atoms with Gasteiger partial charge >= 0.3 is 5.97 Å². The third-order valence-corrected chi connectivity index (χ3v) is 3.40. The van der Waals surface area contributed by atoms with Crippen LogP contribution >= 0.6 is 0 Å². The van der Waals surface area contributed by atoms with Crippen molar-refractivity contribution in [3.05, 3.63) is 20.2 Å². The molecule has 3 unspecified atom stereocenters. The fourth-order valence-electron chi connectivity index (χ4n) is 1.95. The number of unbranched alkanes of at least 4 members (excludes halogenated alkanes) is 1. The van der Waals surface area contributed by atoms with Crippen LogP contribution in [0.25, 0.3) is 0 Å². The van der Waals surface area contributed by atoms with Crippen LogP contribution in [0.2, 0.25) is 0 Å². The van der Waals surface area contributed by atoms with Gasteiger partial charge in [-0.25, -0.2) is 0 Å². The molecule has 0 aromatic carbocycles. The zero-order chi connectivity index (χ0) is 17.8. The fraction of sp³-hybridized carbons (Fsp3) is 0.917. The van der Waals surface area contributed by atoms with E-state index in [2.05, 4.69) is 15.0 Å². The number of aliphatic carboxylic acids is 1. The zero-order valence-corrected chi connectivity index (χ0v) is 13.2. The Kier molecular flexibility index (Phi) is 10.3. The quantitative estimate of drug-likeness (QED) is 0.268. The molecule has 0 aromatic rings. The monoisotopic (exact) mass is 337 g/mol. The number of rotatable bonds is 14. The van der Waals surface area contributed by atoms with E-state index in [0.29, 0.717) is 19.4 Å². The summed E-state index contributed by atoms with van der Waals surface area (Å²) in [6.45, 7) is 3.63. The number of carboxylic acid groups (broad SMARTS) is 1. The second kappa shape index (κ2) is 11.4. The molecular weight excluding hydrogens is 314 g/mol. The molecule has 23 heavy (non-hydrogen) atoms. The number of nitrogens with zero attached hydrogens (tertiary/aromatic N) is 2. The molecule has 0 rings (SSSR count). The Bertz CT molecular complexity index is 393. The molecule has 11 nitrogen and oxygen atoms in total. The largest absolute Gasteiger partial charge is 0.480 e. The van der Waals surface area contributed by atoms with Gasteiger partial charge in [-0.05, 0) is 31.7 Å². The number of hydrogen-bond donors (Lipinski definition) is 2. The molecule has 0 saturated carbocycles. The lowest BCUT2D eigenvalue weighted by Crippen LogP contribution is -2.42. The summed E-state index contributed by atoms with van der Waals surface area (Å²) < 4.78 is 0. The number of hydrogen-bond acceptors (Lipinski definition) is 8. The Morgan fingerprint density at radius 2 is 1.91 bits per heavy atom. The smallest absolute Gasteiger partial charge is 0.320 e. The highest BCUT2D eigenvalue weighted by Crippen LogP contribution is 2.09. The van der Waals surface area contributed by atoms with Gasteiger partial charge in [-0.3, -0.25) is 4.79 Å². The predicted octanol–water partition coefficient (Wildman–Crippen LogP) is 1.03. The van der Waals surface area contributed by atoms with Gasteiger partial charge in [0.25, 0.3) is 10.2 Å². The predicted molar refractivity (Wildman–Crippen MR) is 77.5 cm³/mol. The van der Waals surface area contributed by atoms with Crippen molar-refractivity contribution in [2.75, 3.05) is 13.2 Å². The Balaban J connectivity index is 4.10. The minimum Gasteiger partial charge on any atom is -0.480 e. The van der Waals surface area contributed by atoms with E-state index in [9.17, 15) is 25.0 Å². The molecule has 3 atom stereocenters. The van der Waals surface area contributed by atoms with Crippen molar-refractivity contribution in [2.45, 2.75) is 51.7 Å². The van der Waals surface area contributed by atoms with E-state index in [1.807, 2.05) is 13.8 Å². The summed E-state index contributed by atoms with van der Waals surface area (Å²) in [6.07, 6.45) is 0.911. The summed E-state index contributed by atoms with van der Waals surface area (Å²) in [5.74, 6) is -0.945. The van der Waals surface area contributed by atoms with Crippen LogP contribution in [-0.2, 0) is 14.5 Å². The van der Waals surface area contributed by atoms with E-state index in [-0.39, 0.29) is 12.3 Å². The maximum Gasteiger partial charge on any atom is 0.320 e. The van der Waals surface area contributed by atoms with Crippen LogP contribution in [0.5, 0.6) is 0 Å². The third kappa shape index (κ3) is 10.2. The molecule has 0 bridgehead atoms. The van der Waals surface area contributed by atoms with Gasteiger partial charge in [0.15, 0.2) is 0 Å². The molecule has 0 heterocycles. The second-order valence-electron chi connectivity index (χ2n) is 5.12. The van der Waals surface area contributed by atoms with E-state index in [1.165, 1.54) is 0 Å². The van der Waals surface area contributed by atoms with Gasteiger partial charge in [0, 0.05) is 0 Å². The van der Waals surface area contributed by atoms with Gasteiger partial charge in [-0.15, -0.1) is 20.2 Å². The van der Waals surface area contributed by atoms with Gasteiger partial charge in [-0.1, -0.05) is 20.3 Å². The lowest BCUT2D eigenvalue weighted by molar-refractivity contribution is -0.790. The van der Waals surface area contributed by atoms with Gasteiger partial charge in [0.2, 0.25) is 0 Å². The molecule has 0 aliphatic carbocycles. The standard InChI is InChI=1S/C12H23N3O8/c1-3-9(2)11(12(16)17)13-7-5-4-6-10(23-15(20)21)8-22-14(18)19/h9-11,13H,3-8H2,1-2H3,(H,16,17). The molecule has 2 N–H and O–H groups in total. The third-order valence-electron chi connectivity index (χ3n) is 3.40. The molecular formula is C12H23N3O8. The van der Waals surface area contributed by atoms with Crippen molar-refractivity contribution in [1.82, 2.24) is 5.32 Å². The molecule has 0 amide bonds. The van der Waals surface area contributed by atoms with Crippen LogP contribution in [0.3, 0.4) is 0 Å². The molecule has 11 heteroatoms. The van der Waals surface area contributed by atoms with E-state index >= 15 is 0 Å². The minimum absolute atomic E-state index is 0.0217. The maximum absolute atomic E-state index is 11.1. The first-order valence-corrected chi connectivity index (χ1v) is 7.32. The van der Waals surface area contributed by atoms with Crippen molar-refractivity contribution >= 4 is 5.97 Å². The van der Waals surface area contributed by atoms with Gasteiger partial charge < -0.3 is 20.1 Å². The van der Waals surface area contributed by atoms with Crippen molar-refractivity contribution in [3.63, 3.8) is 0 Å². The fourth-order valence-corrected chi connectivity index (χ4v) is 1.95. The minimum atomic E-state index is -1.04. The Morgan fingerprint density at radius 1 is 1.26 bits per heavy atom. The summed E-state index contributed by atoms with van der Waals surface area (Å²) in [5.41, 5.74) is 0. The van der Waals surface area contributed by atoms with Crippen LogP contribution < -0.4 is 5.32 Å². The van der Waals surface area contributed by atoms with Crippen LogP contribution in [0, 0.1) is 26.1 Å². The summed E-state index contributed by atoms with van der Waals surface area (Å²) in [5, 5.41) is 30.4. The van der Waals surface area contributed by atoms with Gasteiger partial charge in [0.05, 0.1) is 0 Å². The van der Waals surface area contributed by atoms with Crippen molar-refractivity contribution < 1.29 is 29.7 Å². The molecule has 0 aromatic heterocycles. The van der Waals surface area contributed by atoms with Crippen molar-refractivity contribution in [3.8, 4) is 0 Å². The summed E-state index contributed by atoms with van der Waals surface area (Å²) >= 11 is 0. The average molecular weight is 337 g/mol. The molecule has 0 aliphatic heterocycles. The molecule has 134 valence electrons. The summed E-state index contributed by atoms with van der Waals surface area (Å²) in [4.78, 5) is 39.9. The van der Waals surface area contributed by atoms with Crippen LogP contribution in [0.1, 0.15) is 39.5 Å². The number of nitrogens with one attached hydrogen (secondary N) is 1. The van der Waals surface area contributed by atoms with Gasteiger partial charge in [0.1, 0.15) is 18.8 Å². The Labute approximate surface area is 133 Å². The zero-order valence-electron chi connectivity index (χ0n) is 13.2. The first-order valence-electron chi connectivity index (χ1n) is 7.32. The van der Waals surface area contributed by atoms with Crippen molar-refractivity contribution in [1.29, 1.82) is 0 Å². The summed E-state index contributed by atoms with van der Waals surface area (Å²) in [7, 11) is 0. The Morgan fingerprint density at radius 3 is 2.39 bits per heavy atom. The van der Waals surface area contributed by atoms with Crippen LogP contribution in [0.4, 0.5) is 0 Å². The second-order valence-corrected chi connectivity index (χ2v) is 5.12. The highest BCUT2D eigenvalue weighted by Gasteiger charge is 2.22. The Hall–Kier alpha value is -2.17. The molecule has 0 saturated heterocycles. The maximum atomic E-state index is 11.1. The molecule has 0 radical (unpaired) electrons. The SMILES string of the molecule is CCC(C)C(NCCCCC(CO[N+](=O)[O-])O[N+](=O)[O-])C(=O)O. The average Bonchev–Trinajstić information content (AvgIpc) is 2.46. The first-order chi connectivity index (χ1) is 10.8. The van der Waals surface area contributed by atoms with E-state index in [0.717, 1.165) is 6.42 Å². The van der Waals surface area contributed by atoms with Crippen molar-refractivity contribution in [2.24, 2.45) is 5.92 Å². The number of carboxylic acids is 1. The number of carbonyl (C=O) groups is 1. The van der Waals surface area contributed by atoms with Gasteiger partial charge in [-0.2, -0.15) is 0 Å². The topological polar surface area (TPSA) is 154 Å². The van der Waals surface area contributed by atoms with Crippen LogP contribution in [-0.4, -0.2) is 46.5 Å². The normalized spacial score (nSPS) is 14.5. The first kappa shape index (κ1) is 20.8. The lowest BCUT2D eigenvalue weighted by atomic mass is 9.99. The molecule has 0 spiro atoms. The highest BCUT2D eigenvalue weighted by atomic mass is 17.0. The van der Waals surface area contributed by atoms with E-state index in [4.69, 9.17) is 5.11 Å². The van der Waals surface area contributed by atoms with Crippen LogP contribution in [0.15, 0.2) is 0 Å².